The monoisotopic (exact) mass is 191 g/mol. The molecule has 1 rings (SSSR count). The lowest BCUT2D eigenvalue weighted by molar-refractivity contribution is 0.548. The molecule has 0 radical (unpaired) electrons. The molecule has 0 aliphatic rings. The van der Waals surface area contributed by atoms with Crippen LogP contribution in [-0.4, -0.2) is 23.8 Å². The van der Waals surface area contributed by atoms with E-state index < -0.39 is 16.7 Å². The number of hydrogen-bond donors (Lipinski definition) is 1. The molecule has 1 aromatic heterocycles. The second-order valence-corrected chi connectivity index (χ2v) is 2.35. The van der Waals surface area contributed by atoms with Crippen LogP contribution in [0.25, 0.3) is 0 Å². The van der Waals surface area contributed by atoms with Gasteiger partial charge in [0.1, 0.15) is 0 Å². The molecule has 0 amide bonds. The molecule has 0 aromatic carbocycles. The van der Waals surface area contributed by atoms with Crippen LogP contribution in [0.4, 0.5) is 4.39 Å². The fraction of sp³-hybridized carbons (Fsp3) is 0. The van der Waals surface area contributed by atoms with Gasteiger partial charge in [-0.2, -0.15) is 4.39 Å². The zero-order valence-electron chi connectivity index (χ0n) is 5.92. The first-order chi connectivity index (χ1) is 5.66. The minimum absolute atomic E-state index is 0.602. The predicted molar refractivity (Wildman–Crippen MR) is 40.3 cm³/mol. The van der Waals surface area contributed by atoms with E-state index in [1.54, 1.807) is 0 Å². The molecule has 12 heavy (non-hydrogen) atoms. The van der Waals surface area contributed by atoms with E-state index in [4.69, 9.17) is 0 Å². The van der Waals surface area contributed by atoms with Crippen LogP contribution in [0.15, 0.2) is 24.3 Å². The van der Waals surface area contributed by atoms with Gasteiger partial charge in [0.25, 0.3) is 0 Å². The topological polar surface area (TPSA) is 72.8 Å². The van der Waals surface area contributed by atoms with Crippen molar-refractivity contribution in [2.75, 3.05) is 0 Å². The molecule has 5 nitrogen and oxygen atoms in total. The van der Waals surface area contributed by atoms with Gasteiger partial charge in [-0.05, 0) is 5.21 Å². The minimum atomic E-state index is -2.33. The van der Waals surface area contributed by atoms with Crippen molar-refractivity contribution in [1.29, 1.82) is 0 Å². The fourth-order valence-electron chi connectivity index (χ4n) is 0.227. The van der Waals surface area contributed by atoms with E-state index in [1.165, 1.54) is 6.20 Å². The number of aromatic nitrogens is 3. The Hall–Kier alpha value is -1.37. The molecular weight excluding hydrogens is 185 g/mol. The van der Waals surface area contributed by atoms with Crippen LogP contribution in [0.1, 0.15) is 0 Å². The summed E-state index contributed by atoms with van der Waals surface area (Å²) in [7, 11) is -2.33. The summed E-state index contributed by atoms with van der Waals surface area (Å²) in [5, 5.41) is 10.1. The summed E-state index contributed by atoms with van der Waals surface area (Å²) < 4.78 is 30.3. The Morgan fingerprint density at radius 3 is 2.33 bits per heavy atom. The average Bonchev–Trinajstić information content (AvgIpc) is 2.07. The van der Waals surface area contributed by atoms with Crippen molar-refractivity contribution in [3.63, 3.8) is 0 Å². The Morgan fingerprint density at radius 2 is 2.17 bits per heavy atom. The van der Waals surface area contributed by atoms with E-state index in [1.807, 2.05) is 0 Å². The summed E-state index contributed by atoms with van der Waals surface area (Å²) in [5.41, 5.74) is 0. The van der Waals surface area contributed by atoms with Gasteiger partial charge in [-0.15, -0.1) is 5.10 Å². The molecular formula is C5H6FN3O2S. The van der Waals surface area contributed by atoms with Crippen molar-refractivity contribution >= 4 is 10.7 Å². The van der Waals surface area contributed by atoms with Gasteiger partial charge >= 0.3 is 0 Å². The SMILES string of the molecule is C=C[SH](=O)=O.Fc1ccnnn1. The van der Waals surface area contributed by atoms with Crippen molar-refractivity contribution in [3.05, 3.63) is 30.2 Å². The Bertz CT molecular complexity index is 293. The molecule has 0 saturated heterocycles. The maximum atomic E-state index is 11.7. The number of thiol groups is 1. The molecule has 1 aromatic rings. The molecule has 66 valence electrons. The summed E-state index contributed by atoms with van der Waals surface area (Å²) in [6.45, 7) is 2.96. The Labute approximate surface area is 69.9 Å². The number of hydrogen-bond acceptors (Lipinski definition) is 5. The summed E-state index contributed by atoms with van der Waals surface area (Å²) in [6.07, 6.45) is 1.24. The smallest absolute Gasteiger partial charge is 0.227 e. The van der Waals surface area contributed by atoms with Crippen LogP contribution < -0.4 is 0 Å². The second kappa shape index (κ2) is 6.35. The first kappa shape index (κ1) is 10.6. The number of rotatable bonds is 1. The quantitative estimate of drug-likeness (QED) is 0.620. The largest absolute Gasteiger partial charge is 0.236 e. The van der Waals surface area contributed by atoms with Crippen LogP contribution in [0.3, 0.4) is 0 Å². The van der Waals surface area contributed by atoms with Crippen LogP contribution >= 0.6 is 0 Å². The lowest BCUT2D eigenvalue weighted by atomic mass is 10.7. The Morgan fingerprint density at radius 1 is 1.58 bits per heavy atom. The van der Waals surface area contributed by atoms with Crippen molar-refractivity contribution < 1.29 is 12.8 Å². The first-order valence-corrected chi connectivity index (χ1v) is 3.97. The van der Waals surface area contributed by atoms with E-state index in [2.05, 4.69) is 22.0 Å². The summed E-state index contributed by atoms with van der Waals surface area (Å²) in [6, 6.07) is 1.13. The first-order valence-electron chi connectivity index (χ1n) is 2.72. The van der Waals surface area contributed by atoms with Crippen molar-refractivity contribution in [1.82, 2.24) is 15.4 Å². The van der Waals surface area contributed by atoms with Crippen molar-refractivity contribution in [2.24, 2.45) is 0 Å². The van der Waals surface area contributed by atoms with Gasteiger partial charge in [-0.25, -0.2) is 8.42 Å². The third kappa shape index (κ3) is 6.75. The number of nitrogens with zero attached hydrogens (tertiary/aromatic N) is 3. The van der Waals surface area contributed by atoms with E-state index >= 15 is 0 Å². The molecule has 0 bridgehead atoms. The highest BCUT2D eigenvalue weighted by molar-refractivity contribution is 7.75. The predicted octanol–water partition coefficient (Wildman–Crippen LogP) is -0.248. The Balaban J connectivity index is 0.000000217. The molecule has 0 spiro atoms. The molecule has 1 heterocycles. The average molecular weight is 191 g/mol. The van der Waals surface area contributed by atoms with Gasteiger partial charge in [0, 0.05) is 11.5 Å². The molecule has 7 heteroatoms. The van der Waals surface area contributed by atoms with Crippen LogP contribution in [0.2, 0.25) is 0 Å². The molecule has 0 aliphatic heterocycles. The van der Waals surface area contributed by atoms with Gasteiger partial charge in [0.05, 0.1) is 6.20 Å². The van der Waals surface area contributed by atoms with Crippen LogP contribution in [-0.2, 0) is 10.7 Å². The molecule has 0 saturated carbocycles. The lowest BCUT2D eigenvalue weighted by Gasteiger charge is -1.75. The van der Waals surface area contributed by atoms with Gasteiger partial charge in [0.2, 0.25) is 5.95 Å². The third-order valence-electron chi connectivity index (χ3n) is 0.620. The summed E-state index contributed by atoms with van der Waals surface area (Å²) in [5.74, 6) is -0.602. The highest BCUT2D eigenvalue weighted by Gasteiger charge is 1.81. The second-order valence-electron chi connectivity index (χ2n) is 1.41. The molecule has 0 atom stereocenters. The van der Waals surface area contributed by atoms with Gasteiger partial charge in [-0.3, -0.25) is 0 Å². The normalized spacial score (nSPS) is 8.50. The summed E-state index contributed by atoms with van der Waals surface area (Å²) >= 11 is 0. The standard InChI is InChI=1S/C3H2FN3.C2H4O2S/c4-3-1-2-5-7-6-3;1-2-5(3)4/h1-2H;2,5H,1H2. The molecule has 0 N–H and O–H groups in total. The van der Waals surface area contributed by atoms with Gasteiger partial charge in [-0.1, -0.05) is 11.7 Å². The van der Waals surface area contributed by atoms with E-state index in [-0.39, 0.29) is 0 Å². The van der Waals surface area contributed by atoms with Gasteiger partial charge in [0.15, 0.2) is 10.7 Å². The maximum absolute atomic E-state index is 11.7. The highest BCUT2D eigenvalue weighted by Crippen LogP contribution is 1.79. The lowest BCUT2D eigenvalue weighted by Crippen LogP contribution is -1.86. The summed E-state index contributed by atoms with van der Waals surface area (Å²) in [4.78, 5) is 0. The zero-order valence-corrected chi connectivity index (χ0v) is 6.82. The van der Waals surface area contributed by atoms with E-state index in [9.17, 15) is 12.8 Å². The number of halogens is 1. The molecule has 0 aliphatic carbocycles. The van der Waals surface area contributed by atoms with Crippen LogP contribution in [0, 0.1) is 5.95 Å². The fourth-order valence-corrected chi connectivity index (χ4v) is 0.227. The molecule has 0 fully saturated rings. The highest BCUT2D eigenvalue weighted by atomic mass is 32.2. The van der Waals surface area contributed by atoms with Crippen molar-refractivity contribution in [3.8, 4) is 0 Å². The van der Waals surface area contributed by atoms with Gasteiger partial charge < -0.3 is 0 Å². The van der Waals surface area contributed by atoms with Crippen molar-refractivity contribution in [2.45, 2.75) is 0 Å². The zero-order chi connectivity index (χ0) is 9.40. The minimum Gasteiger partial charge on any atom is -0.227 e. The Kier molecular flexibility index (Phi) is 5.62. The van der Waals surface area contributed by atoms with E-state index in [0.717, 1.165) is 11.5 Å². The van der Waals surface area contributed by atoms with Crippen LogP contribution in [0.5, 0.6) is 0 Å². The molecule has 0 unspecified atom stereocenters. The maximum Gasteiger partial charge on any atom is 0.236 e. The van der Waals surface area contributed by atoms with E-state index in [0.29, 0.717) is 0 Å². The third-order valence-corrected chi connectivity index (χ3v) is 0.918.